The topological polar surface area (TPSA) is 41.6 Å². The van der Waals surface area contributed by atoms with Crippen molar-refractivity contribution in [1.29, 1.82) is 0 Å². The Kier molecular flexibility index (Phi) is 2.52. The van der Waals surface area contributed by atoms with Gasteiger partial charge in [-0.2, -0.15) is 0 Å². The van der Waals surface area contributed by atoms with Crippen LogP contribution >= 0.6 is 0 Å². The zero-order valence-corrected chi connectivity index (χ0v) is 9.90. The summed E-state index contributed by atoms with van der Waals surface area (Å²) in [6.45, 7) is 4.21. The molecule has 1 atom stereocenters. The Bertz CT molecular complexity index is 459. The van der Waals surface area contributed by atoms with Crippen molar-refractivity contribution in [2.24, 2.45) is 0 Å². The van der Waals surface area contributed by atoms with E-state index in [0.29, 0.717) is 6.54 Å². The quantitative estimate of drug-likeness (QED) is 0.829. The highest BCUT2D eigenvalue weighted by molar-refractivity contribution is 5.80. The molecule has 4 nitrogen and oxygen atoms in total. The maximum Gasteiger partial charge on any atom is 0.235 e. The van der Waals surface area contributed by atoms with E-state index in [4.69, 9.17) is 4.74 Å². The van der Waals surface area contributed by atoms with Crippen LogP contribution in [0.25, 0.3) is 0 Å². The monoisotopic (exact) mass is 232 g/mol. The summed E-state index contributed by atoms with van der Waals surface area (Å²) in [5, 5.41) is 3.01. The number of likely N-dealkylation sites (N-methyl/N-ethyl adjacent to an activating group) is 1. The Morgan fingerprint density at radius 3 is 3.24 bits per heavy atom. The lowest BCUT2D eigenvalue weighted by Crippen LogP contribution is -2.27. The molecule has 4 heteroatoms. The van der Waals surface area contributed by atoms with Gasteiger partial charge in [0.15, 0.2) is 0 Å². The van der Waals surface area contributed by atoms with Crippen LogP contribution in [0.2, 0.25) is 0 Å². The molecule has 2 heterocycles. The summed E-state index contributed by atoms with van der Waals surface area (Å²) >= 11 is 0. The van der Waals surface area contributed by atoms with Crippen molar-refractivity contribution in [1.82, 2.24) is 10.2 Å². The van der Waals surface area contributed by atoms with E-state index < -0.39 is 0 Å². The largest absolute Gasteiger partial charge is 0.493 e. The van der Waals surface area contributed by atoms with E-state index in [1.54, 1.807) is 0 Å². The molecule has 1 aromatic carbocycles. The molecule has 1 aromatic rings. The molecule has 17 heavy (non-hydrogen) atoms. The van der Waals surface area contributed by atoms with Crippen LogP contribution in [0.3, 0.4) is 0 Å². The number of carbonyl (C=O) groups excluding carboxylic acids is 1. The summed E-state index contributed by atoms with van der Waals surface area (Å²) in [6, 6.07) is 6.21. The number of nitrogens with one attached hydrogen (secondary N) is 1. The Morgan fingerprint density at radius 2 is 2.41 bits per heavy atom. The van der Waals surface area contributed by atoms with E-state index in [1.807, 2.05) is 12.1 Å². The molecule has 3 rings (SSSR count). The van der Waals surface area contributed by atoms with E-state index in [-0.39, 0.29) is 12.1 Å². The number of amides is 1. The van der Waals surface area contributed by atoms with Crippen LogP contribution in [0, 0.1) is 0 Å². The third kappa shape index (κ3) is 1.78. The third-order valence-electron chi connectivity index (χ3n) is 3.44. The van der Waals surface area contributed by atoms with Crippen LogP contribution in [-0.2, 0) is 11.2 Å². The number of fused-ring (bicyclic) bond motifs is 1. The molecule has 2 aliphatic rings. The van der Waals surface area contributed by atoms with Crippen LogP contribution in [0.5, 0.6) is 5.75 Å². The van der Waals surface area contributed by atoms with Crippen LogP contribution in [-0.4, -0.2) is 30.5 Å². The normalized spacial score (nSPS) is 23.4. The maximum absolute atomic E-state index is 11.5. The lowest BCUT2D eigenvalue weighted by atomic mass is 10.1. The van der Waals surface area contributed by atoms with Crippen molar-refractivity contribution in [3.05, 3.63) is 29.3 Å². The first-order valence-corrected chi connectivity index (χ1v) is 6.07. The number of hydrogen-bond donors (Lipinski definition) is 1. The van der Waals surface area contributed by atoms with Gasteiger partial charge in [-0.1, -0.05) is 13.0 Å². The molecule has 2 aliphatic heterocycles. The van der Waals surface area contributed by atoms with Crippen molar-refractivity contribution < 1.29 is 9.53 Å². The van der Waals surface area contributed by atoms with Gasteiger partial charge in [0.25, 0.3) is 0 Å². The number of carbonyl (C=O) groups is 1. The third-order valence-corrected chi connectivity index (χ3v) is 3.44. The number of nitrogens with zero attached hydrogens (tertiary/aromatic N) is 1. The SMILES string of the molecule is CCN1CC(=O)N[C@H]1c1ccc2c(c1)CCO2. The molecule has 0 saturated carbocycles. The van der Waals surface area contributed by atoms with Crippen LogP contribution in [0.4, 0.5) is 0 Å². The molecule has 0 aliphatic carbocycles. The molecule has 1 N–H and O–H groups in total. The van der Waals surface area contributed by atoms with Gasteiger partial charge in [-0.15, -0.1) is 0 Å². The van der Waals surface area contributed by atoms with E-state index in [2.05, 4.69) is 23.2 Å². The average Bonchev–Trinajstić information content (AvgIpc) is 2.93. The van der Waals surface area contributed by atoms with Gasteiger partial charge < -0.3 is 10.1 Å². The first-order valence-electron chi connectivity index (χ1n) is 6.07. The molecule has 0 radical (unpaired) electrons. The van der Waals surface area contributed by atoms with E-state index in [0.717, 1.165) is 30.9 Å². The number of hydrogen-bond acceptors (Lipinski definition) is 3. The van der Waals surface area contributed by atoms with Gasteiger partial charge in [0.2, 0.25) is 5.91 Å². The Morgan fingerprint density at radius 1 is 1.53 bits per heavy atom. The molecule has 1 saturated heterocycles. The molecular weight excluding hydrogens is 216 g/mol. The van der Waals surface area contributed by atoms with Crippen LogP contribution in [0.1, 0.15) is 24.2 Å². The summed E-state index contributed by atoms with van der Waals surface area (Å²) in [5.74, 6) is 1.09. The van der Waals surface area contributed by atoms with Crippen molar-refractivity contribution in [2.45, 2.75) is 19.5 Å². The highest BCUT2D eigenvalue weighted by atomic mass is 16.5. The highest BCUT2D eigenvalue weighted by Crippen LogP contribution is 2.30. The Hall–Kier alpha value is -1.55. The summed E-state index contributed by atoms with van der Waals surface area (Å²) in [6.07, 6.45) is 0.995. The molecule has 90 valence electrons. The molecule has 0 spiro atoms. The van der Waals surface area contributed by atoms with Gasteiger partial charge in [0, 0.05) is 6.42 Å². The minimum atomic E-state index is 0.0263. The van der Waals surface area contributed by atoms with Gasteiger partial charge in [-0.3, -0.25) is 9.69 Å². The zero-order chi connectivity index (χ0) is 11.8. The fraction of sp³-hybridized carbons (Fsp3) is 0.462. The van der Waals surface area contributed by atoms with Crippen LogP contribution < -0.4 is 10.1 Å². The molecular formula is C13H16N2O2. The van der Waals surface area contributed by atoms with Crippen LogP contribution in [0.15, 0.2) is 18.2 Å². The fourth-order valence-electron chi connectivity index (χ4n) is 2.53. The summed E-state index contributed by atoms with van der Waals surface area (Å²) < 4.78 is 5.49. The van der Waals surface area contributed by atoms with E-state index in [9.17, 15) is 4.79 Å². The Labute approximate surface area is 101 Å². The molecule has 0 bridgehead atoms. The minimum absolute atomic E-state index is 0.0263. The maximum atomic E-state index is 11.5. The second-order valence-electron chi connectivity index (χ2n) is 4.50. The first kappa shape index (κ1) is 10.6. The summed E-state index contributed by atoms with van der Waals surface area (Å²) in [4.78, 5) is 13.6. The van der Waals surface area contributed by atoms with Gasteiger partial charge in [-0.25, -0.2) is 0 Å². The molecule has 0 aromatic heterocycles. The van der Waals surface area contributed by atoms with Gasteiger partial charge in [-0.05, 0) is 29.8 Å². The molecule has 1 amide bonds. The Balaban J connectivity index is 1.91. The van der Waals surface area contributed by atoms with Gasteiger partial charge >= 0.3 is 0 Å². The smallest absolute Gasteiger partial charge is 0.235 e. The van der Waals surface area contributed by atoms with Crippen molar-refractivity contribution >= 4 is 5.91 Å². The van der Waals surface area contributed by atoms with Crippen molar-refractivity contribution in [3.8, 4) is 5.75 Å². The molecule has 1 fully saturated rings. The fourth-order valence-corrected chi connectivity index (χ4v) is 2.53. The predicted molar refractivity (Wildman–Crippen MR) is 63.8 cm³/mol. The minimum Gasteiger partial charge on any atom is -0.493 e. The van der Waals surface area contributed by atoms with E-state index >= 15 is 0 Å². The second-order valence-corrected chi connectivity index (χ2v) is 4.50. The number of ether oxygens (including phenoxy) is 1. The van der Waals surface area contributed by atoms with Crippen molar-refractivity contribution in [3.63, 3.8) is 0 Å². The average molecular weight is 232 g/mol. The van der Waals surface area contributed by atoms with Gasteiger partial charge in [0.05, 0.1) is 13.2 Å². The summed E-state index contributed by atoms with van der Waals surface area (Å²) in [7, 11) is 0. The highest BCUT2D eigenvalue weighted by Gasteiger charge is 2.30. The zero-order valence-electron chi connectivity index (χ0n) is 9.90. The first-order chi connectivity index (χ1) is 8.28. The van der Waals surface area contributed by atoms with Gasteiger partial charge in [0.1, 0.15) is 11.9 Å². The number of rotatable bonds is 2. The molecule has 0 unspecified atom stereocenters. The summed E-state index contributed by atoms with van der Waals surface area (Å²) in [5.41, 5.74) is 2.40. The lowest BCUT2D eigenvalue weighted by Gasteiger charge is -2.22. The predicted octanol–water partition coefficient (Wildman–Crippen LogP) is 1.07. The standard InChI is InChI=1S/C13H16N2O2/c1-2-15-8-12(16)14-13(15)10-3-4-11-9(7-10)5-6-17-11/h3-4,7,13H,2,5-6,8H2,1H3,(H,14,16)/t13-/m1/s1. The van der Waals surface area contributed by atoms with Crippen molar-refractivity contribution in [2.75, 3.05) is 19.7 Å². The second kappa shape index (κ2) is 4.04. The lowest BCUT2D eigenvalue weighted by molar-refractivity contribution is -0.118. The number of benzene rings is 1. The van der Waals surface area contributed by atoms with E-state index in [1.165, 1.54) is 5.56 Å².